The van der Waals surface area contributed by atoms with Crippen LogP contribution in [-0.2, 0) is 0 Å². The molecular formula is C9H10ClNO2. The van der Waals surface area contributed by atoms with E-state index in [0.717, 1.165) is 0 Å². The first-order valence-electron chi connectivity index (χ1n) is 3.83. The SMILES string of the molecule is Nc1cc(C(=O)CCCl)ccc1O. The fraction of sp³-hybridized carbons (Fsp3) is 0.222. The monoisotopic (exact) mass is 199 g/mol. The predicted molar refractivity (Wildman–Crippen MR) is 52.2 cm³/mol. The van der Waals surface area contributed by atoms with Crippen LogP contribution in [0.25, 0.3) is 0 Å². The number of carbonyl (C=O) groups is 1. The molecule has 13 heavy (non-hydrogen) atoms. The number of nitrogen functional groups attached to an aromatic ring is 1. The number of nitrogens with two attached hydrogens (primary N) is 1. The molecule has 0 spiro atoms. The number of anilines is 1. The van der Waals surface area contributed by atoms with Crippen molar-refractivity contribution in [3.05, 3.63) is 23.8 Å². The average Bonchev–Trinajstić information content (AvgIpc) is 2.10. The number of phenols is 1. The quantitative estimate of drug-likeness (QED) is 0.338. The number of hydrogen-bond acceptors (Lipinski definition) is 3. The second kappa shape index (κ2) is 4.14. The third-order valence-corrected chi connectivity index (χ3v) is 1.86. The van der Waals surface area contributed by atoms with Gasteiger partial charge in [-0.1, -0.05) is 0 Å². The molecule has 0 fully saturated rings. The number of hydrogen-bond donors (Lipinski definition) is 2. The molecule has 0 aromatic heterocycles. The lowest BCUT2D eigenvalue weighted by atomic mass is 10.1. The second-order valence-corrected chi connectivity index (χ2v) is 3.01. The van der Waals surface area contributed by atoms with Gasteiger partial charge in [-0.2, -0.15) is 0 Å². The summed E-state index contributed by atoms with van der Waals surface area (Å²) in [5.74, 6) is 0.212. The minimum Gasteiger partial charge on any atom is -0.506 e. The van der Waals surface area contributed by atoms with Crippen LogP contribution in [0.15, 0.2) is 18.2 Å². The van der Waals surface area contributed by atoms with E-state index in [1.807, 2.05) is 0 Å². The number of phenolic OH excluding ortho intramolecular Hbond substituents is 1. The van der Waals surface area contributed by atoms with Gasteiger partial charge < -0.3 is 10.8 Å². The molecule has 0 radical (unpaired) electrons. The fourth-order valence-corrected chi connectivity index (χ4v) is 1.13. The Hall–Kier alpha value is -1.22. The van der Waals surface area contributed by atoms with Crippen molar-refractivity contribution < 1.29 is 9.90 Å². The molecule has 0 aliphatic heterocycles. The Morgan fingerprint density at radius 1 is 1.54 bits per heavy atom. The molecule has 1 aromatic carbocycles. The van der Waals surface area contributed by atoms with Gasteiger partial charge >= 0.3 is 0 Å². The minimum atomic E-state index is -0.0679. The van der Waals surface area contributed by atoms with Gasteiger partial charge in [0, 0.05) is 17.9 Å². The smallest absolute Gasteiger partial charge is 0.164 e. The summed E-state index contributed by atoms with van der Waals surface area (Å²) in [6, 6.07) is 4.38. The number of aromatic hydroxyl groups is 1. The molecule has 0 heterocycles. The van der Waals surface area contributed by atoms with Crippen molar-refractivity contribution in [3.8, 4) is 5.75 Å². The maximum atomic E-state index is 11.3. The summed E-state index contributed by atoms with van der Waals surface area (Å²) in [6.07, 6.45) is 0.284. The highest BCUT2D eigenvalue weighted by Crippen LogP contribution is 2.21. The topological polar surface area (TPSA) is 63.3 Å². The molecular weight excluding hydrogens is 190 g/mol. The van der Waals surface area contributed by atoms with Gasteiger partial charge in [-0.25, -0.2) is 0 Å². The largest absolute Gasteiger partial charge is 0.506 e. The first-order valence-corrected chi connectivity index (χ1v) is 4.36. The summed E-state index contributed by atoms with van der Waals surface area (Å²) in [6.45, 7) is 0. The Kier molecular flexibility index (Phi) is 3.14. The Balaban J connectivity index is 2.90. The van der Waals surface area contributed by atoms with Crippen LogP contribution in [-0.4, -0.2) is 16.8 Å². The Morgan fingerprint density at radius 3 is 2.77 bits per heavy atom. The van der Waals surface area contributed by atoms with Crippen molar-refractivity contribution in [1.82, 2.24) is 0 Å². The van der Waals surface area contributed by atoms with Gasteiger partial charge in [-0.15, -0.1) is 11.6 Å². The van der Waals surface area contributed by atoms with Crippen molar-refractivity contribution in [3.63, 3.8) is 0 Å². The predicted octanol–water partition coefficient (Wildman–Crippen LogP) is 1.79. The fourth-order valence-electron chi connectivity index (χ4n) is 0.958. The van der Waals surface area contributed by atoms with Crippen molar-refractivity contribution in [2.24, 2.45) is 0 Å². The van der Waals surface area contributed by atoms with Crippen LogP contribution in [0.1, 0.15) is 16.8 Å². The van der Waals surface area contributed by atoms with Crippen molar-refractivity contribution in [2.75, 3.05) is 11.6 Å². The van der Waals surface area contributed by atoms with Crippen LogP contribution >= 0.6 is 11.6 Å². The molecule has 0 unspecified atom stereocenters. The minimum absolute atomic E-state index is 0.0116. The average molecular weight is 200 g/mol. The van der Waals surface area contributed by atoms with Crippen LogP contribution in [0.4, 0.5) is 5.69 Å². The molecule has 3 N–H and O–H groups in total. The van der Waals surface area contributed by atoms with Gasteiger partial charge in [-0.05, 0) is 18.2 Å². The van der Waals surface area contributed by atoms with Crippen molar-refractivity contribution in [1.29, 1.82) is 0 Å². The molecule has 0 saturated carbocycles. The first-order chi connectivity index (χ1) is 6.15. The van der Waals surface area contributed by atoms with Gasteiger partial charge in [0.1, 0.15) is 5.75 Å². The normalized spacial score (nSPS) is 9.92. The van der Waals surface area contributed by atoms with E-state index in [1.54, 1.807) is 0 Å². The van der Waals surface area contributed by atoms with E-state index in [4.69, 9.17) is 22.4 Å². The number of ketones is 1. The van der Waals surface area contributed by atoms with E-state index in [1.165, 1.54) is 18.2 Å². The molecule has 4 heteroatoms. The maximum Gasteiger partial charge on any atom is 0.164 e. The summed E-state index contributed by atoms with van der Waals surface area (Å²) < 4.78 is 0. The van der Waals surface area contributed by atoms with E-state index >= 15 is 0 Å². The van der Waals surface area contributed by atoms with Gasteiger partial charge in [0.05, 0.1) is 5.69 Å². The van der Waals surface area contributed by atoms with Crippen molar-refractivity contribution >= 4 is 23.1 Å². The lowest BCUT2D eigenvalue weighted by Crippen LogP contribution is -2.00. The molecule has 1 rings (SSSR count). The summed E-state index contributed by atoms with van der Waals surface area (Å²) in [4.78, 5) is 11.3. The molecule has 0 atom stereocenters. The van der Waals surface area contributed by atoms with E-state index in [9.17, 15) is 4.79 Å². The molecule has 0 aliphatic carbocycles. The Labute approximate surface area is 81.1 Å². The van der Waals surface area contributed by atoms with Gasteiger partial charge in [0.15, 0.2) is 5.78 Å². The summed E-state index contributed by atoms with van der Waals surface area (Å²) in [5, 5.41) is 9.09. The molecule has 70 valence electrons. The number of halogens is 1. The highest BCUT2D eigenvalue weighted by Gasteiger charge is 2.06. The first kappa shape index (κ1) is 9.86. The summed E-state index contributed by atoms with van der Waals surface area (Å²) in [5.41, 5.74) is 6.11. The zero-order chi connectivity index (χ0) is 9.84. The zero-order valence-corrected chi connectivity index (χ0v) is 7.71. The second-order valence-electron chi connectivity index (χ2n) is 2.64. The Morgan fingerprint density at radius 2 is 2.23 bits per heavy atom. The molecule has 0 saturated heterocycles. The number of benzene rings is 1. The van der Waals surface area contributed by atoms with Crippen LogP contribution in [0.2, 0.25) is 0 Å². The van der Waals surface area contributed by atoms with Gasteiger partial charge in [-0.3, -0.25) is 4.79 Å². The molecule has 0 aliphatic rings. The van der Waals surface area contributed by atoms with Crippen LogP contribution in [0.3, 0.4) is 0 Å². The third-order valence-electron chi connectivity index (χ3n) is 1.67. The summed E-state index contributed by atoms with van der Waals surface area (Å²) >= 11 is 5.42. The van der Waals surface area contributed by atoms with Crippen molar-refractivity contribution in [2.45, 2.75) is 6.42 Å². The third kappa shape index (κ3) is 2.36. The zero-order valence-electron chi connectivity index (χ0n) is 6.96. The van der Waals surface area contributed by atoms with Gasteiger partial charge in [0.25, 0.3) is 0 Å². The lowest BCUT2D eigenvalue weighted by molar-refractivity contribution is 0.0989. The highest BCUT2D eigenvalue weighted by atomic mass is 35.5. The van der Waals surface area contributed by atoms with E-state index in [0.29, 0.717) is 11.4 Å². The van der Waals surface area contributed by atoms with E-state index in [-0.39, 0.29) is 23.6 Å². The molecule has 0 amide bonds. The number of alkyl halides is 1. The summed E-state index contributed by atoms with van der Waals surface area (Å²) in [7, 11) is 0. The highest BCUT2D eigenvalue weighted by molar-refractivity contribution is 6.19. The number of carbonyl (C=O) groups excluding carboxylic acids is 1. The van der Waals surface area contributed by atoms with E-state index in [2.05, 4.69) is 0 Å². The number of Topliss-reactive ketones (excluding diaryl/α,β-unsaturated/α-hetero) is 1. The number of rotatable bonds is 3. The van der Waals surface area contributed by atoms with Gasteiger partial charge in [0.2, 0.25) is 0 Å². The Bertz CT molecular complexity index is 325. The van der Waals surface area contributed by atoms with E-state index < -0.39 is 0 Å². The van der Waals surface area contributed by atoms with Crippen LogP contribution in [0.5, 0.6) is 5.75 Å². The maximum absolute atomic E-state index is 11.3. The van der Waals surface area contributed by atoms with Crippen LogP contribution in [0, 0.1) is 0 Å². The lowest BCUT2D eigenvalue weighted by Gasteiger charge is -2.01. The standard InChI is InChI=1S/C9H10ClNO2/c10-4-3-8(12)6-1-2-9(13)7(11)5-6/h1-2,5,13H,3-4,11H2. The van der Waals surface area contributed by atoms with Crippen LogP contribution < -0.4 is 5.73 Å². The molecule has 1 aromatic rings. The molecule has 0 bridgehead atoms. The molecule has 3 nitrogen and oxygen atoms in total.